The molecule has 0 atom stereocenters. The molecule has 0 aromatic carbocycles. The molecule has 1 aromatic heterocycles. The van der Waals surface area contributed by atoms with Crippen LogP contribution in [0.3, 0.4) is 0 Å². The molecule has 0 fully saturated rings. The quantitative estimate of drug-likeness (QED) is 0.663. The van der Waals surface area contributed by atoms with Gasteiger partial charge in [0.25, 0.3) is 0 Å². The third-order valence-electron chi connectivity index (χ3n) is 1.92. The minimum atomic E-state index is 0.539. The highest BCUT2D eigenvalue weighted by molar-refractivity contribution is 5.71. The van der Waals surface area contributed by atoms with Crippen LogP contribution in [0, 0.1) is 5.92 Å². The number of rotatable bonds is 4. The second kappa shape index (κ2) is 4.21. The first-order valence-electron chi connectivity index (χ1n) is 4.69. The largest absolute Gasteiger partial charge is 0.296 e. The fourth-order valence-electron chi connectivity index (χ4n) is 1.39. The minimum absolute atomic E-state index is 0.539. The molecular weight excluding hydrogens is 164 g/mol. The zero-order chi connectivity index (χ0) is 9.84. The van der Waals surface area contributed by atoms with Gasteiger partial charge in [-0.25, -0.2) is 0 Å². The average molecular weight is 180 g/mol. The van der Waals surface area contributed by atoms with Crippen LogP contribution in [0.25, 0.3) is 0 Å². The summed E-state index contributed by atoms with van der Waals surface area (Å²) in [6, 6.07) is 1.87. The Bertz CT molecular complexity index is 289. The highest BCUT2D eigenvalue weighted by Crippen LogP contribution is 2.09. The van der Waals surface area contributed by atoms with Crippen LogP contribution in [-0.2, 0) is 13.0 Å². The van der Waals surface area contributed by atoms with Crippen molar-refractivity contribution in [2.24, 2.45) is 5.92 Å². The molecule has 3 heteroatoms. The molecule has 0 bridgehead atoms. The summed E-state index contributed by atoms with van der Waals surface area (Å²) in [5, 5.41) is 4.15. The van der Waals surface area contributed by atoms with Gasteiger partial charge in [0.05, 0.1) is 0 Å². The lowest BCUT2D eigenvalue weighted by Crippen LogP contribution is -2.05. The smallest absolute Gasteiger partial charge is 0.170 e. The Balaban J connectivity index is 2.90. The molecule has 1 heterocycles. The lowest BCUT2D eigenvalue weighted by molar-refractivity contribution is 0.111. The molecule has 0 unspecified atom stereocenters. The summed E-state index contributed by atoms with van der Waals surface area (Å²) >= 11 is 0. The standard InChI is InChI=1S/C10H16N2O/c1-4-12-10(5-8(2)3)6-9(7-13)11-12/h6-8H,4-5H2,1-3H3. The van der Waals surface area contributed by atoms with E-state index in [2.05, 4.69) is 18.9 Å². The zero-order valence-electron chi connectivity index (χ0n) is 8.45. The van der Waals surface area contributed by atoms with E-state index in [1.54, 1.807) is 0 Å². The highest BCUT2D eigenvalue weighted by atomic mass is 16.1. The molecule has 0 aliphatic carbocycles. The maximum Gasteiger partial charge on any atom is 0.170 e. The van der Waals surface area contributed by atoms with Gasteiger partial charge in [0.15, 0.2) is 6.29 Å². The van der Waals surface area contributed by atoms with Crippen LogP contribution in [0.5, 0.6) is 0 Å². The lowest BCUT2D eigenvalue weighted by Gasteiger charge is -2.06. The van der Waals surface area contributed by atoms with Gasteiger partial charge in [0.1, 0.15) is 5.69 Å². The molecular formula is C10H16N2O. The summed E-state index contributed by atoms with van der Waals surface area (Å²) in [6.45, 7) is 7.18. The summed E-state index contributed by atoms with van der Waals surface area (Å²) in [5.41, 5.74) is 1.69. The molecule has 3 nitrogen and oxygen atoms in total. The van der Waals surface area contributed by atoms with Crippen molar-refractivity contribution in [1.29, 1.82) is 0 Å². The van der Waals surface area contributed by atoms with E-state index in [1.807, 2.05) is 17.7 Å². The van der Waals surface area contributed by atoms with Crippen molar-refractivity contribution in [2.75, 3.05) is 0 Å². The van der Waals surface area contributed by atoms with Crippen molar-refractivity contribution in [3.63, 3.8) is 0 Å². The maximum absolute atomic E-state index is 10.5. The zero-order valence-corrected chi connectivity index (χ0v) is 8.45. The van der Waals surface area contributed by atoms with Gasteiger partial charge in [-0.1, -0.05) is 13.8 Å². The second-order valence-corrected chi connectivity index (χ2v) is 3.59. The molecule has 0 spiro atoms. The monoisotopic (exact) mass is 180 g/mol. The second-order valence-electron chi connectivity index (χ2n) is 3.59. The summed E-state index contributed by atoms with van der Waals surface area (Å²) in [5.74, 6) is 0.599. The molecule has 0 amide bonds. The summed E-state index contributed by atoms with van der Waals surface area (Å²) in [7, 11) is 0. The lowest BCUT2D eigenvalue weighted by atomic mass is 10.1. The van der Waals surface area contributed by atoms with Crippen molar-refractivity contribution >= 4 is 6.29 Å². The molecule has 0 saturated heterocycles. The van der Waals surface area contributed by atoms with Crippen LogP contribution in [0.2, 0.25) is 0 Å². The number of hydrogen-bond donors (Lipinski definition) is 0. The number of carbonyl (C=O) groups is 1. The van der Waals surface area contributed by atoms with Crippen LogP contribution >= 0.6 is 0 Å². The fourth-order valence-corrected chi connectivity index (χ4v) is 1.39. The van der Waals surface area contributed by atoms with E-state index in [1.165, 1.54) is 0 Å². The first-order valence-corrected chi connectivity index (χ1v) is 4.69. The Labute approximate surface area is 78.8 Å². The molecule has 0 saturated carbocycles. The van der Waals surface area contributed by atoms with Crippen LogP contribution in [0.4, 0.5) is 0 Å². The van der Waals surface area contributed by atoms with Crippen LogP contribution in [-0.4, -0.2) is 16.1 Å². The normalized spacial score (nSPS) is 10.8. The van der Waals surface area contributed by atoms with E-state index in [4.69, 9.17) is 0 Å². The van der Waals surface area contributed by atoms with Gasteiger partial charge in [0, 0.05) is 12.2 Å². The molecule has 72 valence electrons. The molecule has 0 radical (unpaired) electrons. The summed E-state index contributed by atoms with van der Waals surface area (Å²) in [4.78, 5) is 10.5. The van der Waals surface area contributed by atoms with E-state index >= 15 is 0 Å². The Hall–Kier alpha value is -1.12. The molecule has 0 N–H and O–H groups in total. The van der Waals surface area contributed by atoms with Crippen molar-refractivity contribution in [2.45, 2.75) is 33.7 Å². The number of hydrogen-bond acceptors (Lipinski definition) is 2. The third kappa shape index (κ3) is 2.41. The first-order chi connectivity index (χ1) is 6.17. The summed E-state index contributed by atoms with van der Waals surface area (Å²) in [6.07, 6.45) is 1.78. The van der Waals surface area contributed by atoms with Gasteiger partial charge in [-0.2, -0.15) is 5.10 Å². The molecule has 13 heavy (non-hydrogen) atoms. The van der Waals surface area contributed by atoms with Gasteiger partial charge in [0.2, 0.25) is 0 Å². The number of carbonyl (C=O) groups excluding carboxylic acids is 1. The summed E-state index contributed by atoms with van der Waals surface area (Å²) < 4.78 is 1.89. The first kappa shape index (κ1) is 9.96. The highest BCUT2D eigenvalue weighted by Gasteiger charge is 2.07. The fraction of sp³-hybridized carbons (Fsp3) is 0.600. The van der Waals surface area contributed by atoms with Crippen molar-refractivity contribution in [3.8, 4) is 0 Å². The van der Waals surface area contributed by atoms with Crippen molar-refractivity contribution in [1.82, 2.24) is 9.78 Å². The Morgan fingerprint density at radius 2 is 2.31 bits per heavy atom. The molecule has 1 rings (SSSR count). The topological polar surface area (TPSA) is 34.9 Å². The van der Waals surface area contributed by atoms with E-state index in [0.29, 0.717) is 11.6 Å². The van der Waals surface area contributed by atoms with Crippen LogP contribution < -0.4 is 0 Å². The van der Waals surface area contributed by atoms with Gasteiger partial charge >= 0.3 is 0 Å². The number of aromatic nitrogens is 2. The Kier molecular flexibility index (Phi) is 3.23. The number of nitrogens with zero attached hydrogens (tertiary/aromatic N) is 2. The van der Waals surface area contributed by atoms with E-state index in [0.717, 1.165) is 24.9 Å². The third-order valence-corrected chi connectivity index (χ3v) is 1.92. The van der Waals surface area contributed by atoms with Crippen LogP contribution in [0.15, 0.2) is 6.07 Å². The molecule has 0 aliphatic heterocycles. The van der Waals surface area contributed by atoms with Crippen LogP contribution in [0.1, 0.15) is 37.0 Å². The van der Waals surface area contributed by atoms with E-state index in [-0.39, 0.29) is 0 Å². The van der Waals surface area contributed by atoms with Gasteiger partial charge in [-0.05, 0) is 25.3 Å². The molecule has 1 aromatic rings. The van der Waals surface area contributed by atoms with E-state index < -0.39 is 0 Å². The van der Waals surface area contributed by atoms with E-state index in [9.17, 15) is 4.79 Å². The average Bonchev–Trinajstić information content (AvgIpc) is 2.46. The van der Waals surface area contributed by atoms with Crippen molar-refractivity contribution in [3.05, 3.63) is 17.5 Å². The predicted molar refractivity (Wildman–Crippen MR) is 51.8 cm³/mol. The number of aryl methyl sites for hydroxylation is 1. The molecule has 0 aliphatic rings. The van der Waals surface area contributed by atoms with Gasteiger partial charge < -0.3 is 0 Å². The Morgan fingerprint density at radius 3 is 2.77 bits per heavy atom. The predicted octanol–water partition coefficient (Wildman–Crippen LogP) is 1.91. The SMILES string of the molecule is CCn1nc(C=O)cc1CC(C)C. The maximum atomic E-state index is 10.5. The Morgan fingerprint density at radius 1 is 1.62 bits per heavy atom. The van der Waals surface area contributed by atoms with Crippen molar-refractivity contribution < 1.29 is 4.79 Å². The van der Waals surface area contributed by atoms with Gasteiger partial charge in [-0.3, -0.25) is 9.48 Å². The minimum Gasteiger partial charge on any atom is -0.296 e. The number of aldehydes is 1. The van der Waals surface area contributed by atoms with Gasteiger partial charge in [-0.15, -0.1) is 0 Å².